The van der Waals surface area contributed by atoms with Gasteiger partial charge >= 0.3 is 0 Å². The first-order valence-electron chi connectivity index (χ1n) is 9.99. The van der Waals surface area contributed by atoms with Crippen LogP contribution in [0.4, 0.5) is 5.88 Å². The number of piperazine rings is 1. The molecule has 1 amide bonds. The van der Waals surface area contributed by atoms with Crippen LogP contribution in [-0.2, 0) is 0 Å². The number of amides is 1. The summed E-state index contributed by atoms with van der Waals surface area (Å²) in [5, 5.41) is 10.0. The molecule has 3 aromatic rings. The Balaban J connectivity index is 1.44. The summed E-state index contributed by atoms with van der Waals surface area (Å²) in [6.07, 6.45) is 3.66. The molecule has 1 fully saturated rings. The first-order chi connectivity index (χ1) is 15.0. The smallest absolute Gasteiger partial charge is 0.254 e. The van der Waals surface area contributed by atoms with Crippen molar-refractivity contribution < 1.29 is 9.21 Å². The number of nitrogens with zero attached hydrogens (tertiary/aromatic N) is 4. The number of oxazole rings is 1. The summed E-state index contributed by atoms with van der Waals surface area (Å²) in [6.45, 7) is 4.18. The number of halogens is 1. The number of aryl methyl sites for hydroxylation is 1. The number of nitriles is 1. The highest BCUT2D eigenvalue weighted by Gasteiger charge is 2.26. The highest BCUT2D eigenvalue weighted by atomic mass is 35.5. The summed E-state index contributed by atoms with van der Waals surface area (Å²) in [7, 11) is 0. The van der Waals surface area contributed by atoms with E-state index in [1.54, 1.807) is 35.2 Å². The van der Waals surface area contributed by atoms with Crippen molar-refractivity contribution in [2.24, 2.45) is 0 Å². The summed E-state index contributed by atoms with van der Waals surface area (Å²) < 4.78 is 5.87. The molecule has 1 saturated heterocycles. The van der Waals surface area contributed by atoms with Gasteiger partial charge in [-0.25, -0.2) is 0 Å². The molecule has 0 aliphatic carbocycles. The lowest BCUT2D eigenvalue weighted by Gasteiger charge is -2.34. The molecule has 0 radical (unpaired) electrons. The van der Waals surface area contributed by atoms with Crippen LogP contribution in [0.2, 0.25) is 5.02 Å². The molecule has 156 valence electrons. The Morgan fingerprint density at radius 2 is 1.87 bits per heavy atom. The third-order valence-corrected chi connectivity index (χ3v) is 5.39. The maximum absolute atomic E-state index is 12.7. The van der Waals surface area contributed by atoms with E-state index in [9.17, 15) is 10.1 Å². The molecule has 0 unspecified atom stereocenters. The highest BCUT2D eigenvalue weighted by molar-refractivity contribution is 6.30. The van der Waals surface area contributed by atoms with Crippen LogP contribution in [0.15, 0.2) is 52.9 Å². The molecule has 31 heavy (non-hydrogen) atoms. The second-order valence-electron chi connectivity index (χ2n) is 7.35. The van der Waals surface area contributed by atoms with Gasteiger partial charge in [-0.05, 0) is 36.8 Å². The molecule has 0 atom stereocenters. The Morgan fingerprint density at radius 3 is 2.55 bits per heavy atom. The topological polar surface area (TPSA) is 73.4 Å². The minimum Gasteiger partial charge on any atom is -0.420 e. The van der Waals surface area contributed by atoms with E-state index >= 15 is 0 Å². The lowest BCUT2D eigenvalue weighted by molar-refractivity contribution is 0.0745. The van der Waals surface area contributed by atoms with Gasteiger partial charge in [-0.3, -0.25) is 4.79 Å². The monoisotopic (exact) mass is 432 g/mol. The molecule has 0 N–H and O–H groups in total. The first kappa shape index (κ1) is 20.7. The van der Waals surface area contributed by atoms with Gasteiger partial charge in [-0.2, -0.15) is 10.2 Å². The van der Waals surface area contributed by atoms with Crippen molar-refractivity contribution in [3.8, 4) is 6.07 Å². The summed E-state index contributed by atoms with van der Waals surface area (Å²) in [5.74, 6) is 0.771. The van der Waals surface area contributed by atoms with Crippen LogP contribution in [0.25, 0.3) is 12.2 Å². The fourth-order valence-electron chi connectivity index (χ4n) is 3.45. The van der Waals surface area contributed by atoms with Crippen LogP contribution in [0.5, 0.6) is 0 Å². The molecule has 6 nitrogen and oxygen atoms in total. The van der Waals surface area contributed by atoms with Crippen LogP contribution in [0.1, 0.15) is 33.1 Å². The van der Waals surface area contributed by atoms with Crippen LogP contribution in [0.3, 0.4) is 0 Å². The zero-order valence-electron chi connectivity index (χ0n) is 17.1. The zero-order valence-corrected chi connectivity index (χ0v) is 17.8. The van der Waals surface area contributed by atoms with Crippen molar-refractivity contribution in [3.63, 3.8) is 0 Å². The van der Waals surface area contributed by atoms with Crippen LogP contribution >= 0.6 is 11.6 Å². The predicted octanol–water partition coefficient (Wildman–Crippen LogP) is 4.64. The number of hydrogen-bond donors (Lipinski definition) is 0. The van der Waals surface area contributed by atoms with Gasteiger partial charge in [-0.15, -0.1) is 0 Å². The average Bonchev–Trinajstić information content (AvgIpc) is 3.22. The second-order valence-corrected chi connectivity index (χ2v) is 7.79. The van der Waals surface area contributed by atoms with Gasteiger partial charge in [0.1, 0.15) is 6.07 Å². The number of carbonyl (C=O) groups is 1. The van der Waals surface area contributed by atoms with Gasteiger partial charge in [0.15, 0.2) is 0 Å². The minimum atomic E-state index is -0.0538. The maximum atomic E-state index is 12.7. The average molecular weight is 433 g/mol. The van der Waals surface area contributed by atoms with Gasteiger partial charge in [0.25, 0.3) is 5.91 Å². The molecular weight excluding hydrogens is 412 g/mol. The lowest BCUT2D eigenvalue weighted by Crippen LogP contribution is -2.48. The Bertz CT molecular complexity index is 1150. The predicted molar refractivity (Wildman–Crippen MR) is 121 cm³/mol. The molecule has 2 aromatic carbocycles. The standard InChI is InChI=1S/C24H21ClN4O2/c1-17-5-7-18(8-6-17)9-10-22-27-21(16-26)24(31-22)29-13-11-28(12-14-29)23(30)19-3-2-4-20(25)15-19/h2-10,15H,11-14H2,1H3. The molecule has 7 heteroatoms. The number of benzene rings is 2. The lowest BCUT2D eigenvalue weighted by atomic mass is 10.1. The molecule has 4 rings (SSSR count). The van der Waals surface area contributed by atoms with E-state index in [0.717, 1.165) is 5.56 Å². The fraction of sp³-hybridized carbons (Fsp3) is 0.208. The van der Waals surface area contributed by atoms with E-state index in [1.165, 1.54) is 5.56 Å². The Labute approximate surface area is 186 Å². The van der Waals surface area contributed by atoms with Gasteiger partial charge in [0.05, 0.1) is 0 Å². The Morgan fingerprint density at radius 1 is 1.13 bits per heavy atom. The van der Waals surface area contributed by atoms with Crippen molar-refractivity contribution in [2.45, 2.75) is 6.92 Å². The molecule has 1 aliphatic heterocycles. The summed E-state index contributed by atoms with van der Waals surface area (Å²) >= 11 is 6.00. The largest absolute Gasteiger partial charge is 0.420 e. The van der Waals surface area contributed by atoms with Gasteiger partial charge in [-0.1, -0.05) is 47.5 Å². The maximum Gasteiger partial charge on any atom is 0.254 e. The van der Waals surface area contributed by atoms with Gasteiger partial charge < -0.3 is 14.2 Å². The summed E-state index contributed by atoms with van der Waals surface area (Å²) in [4.78, 5) is 20.7. The van der Waals surface area contributed by atoms with E-state index in [2.05, 4.69) is 11.1 Å². The van der Waals surface area contributed by atoms with Crippen molar-refractivity contribution in [1.29, 1.82) is 5.26 Å². The third kappa shape index (κ3) is 4.79. The Kier molecular flexibility index (Phi) is 6.06. The van der Waals surface area contributed by atoms with Crippen LogP contribution in [0, 0.1) is 18.3 Å². The molecule has 1 aromatic heterocycles. The number of carbonyl (C=O) groups excluding carboxylic acids is 1. The van der Waals surface area contributed by atoms with E-state index < -0.39 is 0 Å². The quantitative estimate of drug-likeness (QED) is 0.600. The summed E-state index contributed by atoms with van der Waals surface area (Å²) in [5.41, 5.74) is 3.03. The minimum absolute atomic E-state index is 0.0538. The molecule has 0 bridgehead atoms. The van der Waals surface area contributed by atoms with E-state index in [-0.39, 0.29) is 11.6 Å². The van der Waals surface area contributed by atoms with Crippen LogP contribution in [-0.4, -0.2) is 42.0 Å². The van der Waals surface area contributed by atoms with E-state index in [1.807, 2.05) is 42.2 Å². The van der Waals surface area contributed by atoms with Gasteiger partial charge in [0.2, 0.25) is 17.5 Å². The Hall–Kier alpha value is -3.56. The fourth-order valence-corrected chi connectivity index (χ4v) is 3.64. The number of aromatic nitrogens is 1. The highest BCUT2D eigenvalue weighted by Crippen LogP contribution is 2.25. The summed E-state index contributed by atoms with van der Waals surface area (Å²) in [6, 6.07) is 17.1. The SMILES string of the molecule is Cc1ccc(C=Cc2nc(C#N)c(N3CCN(C(=O)c4cccc(Cl)c4)CC3)o2)cc1. The number of anilines is 1. The van der Waals surface area contributed by atoms with Crippen molar-refractivity contribution in [1.82, 2.24) is 9.88 Å². The van der Waals surface area contributed by atoms with Crippen molar-refractivity contribution in [3.05, 3.63) is 81.8 Å². The van der Waals surface area contributed by atoms with Crippen molar-refractivity contribution >= 4 is 35.5 Å². The molecular formula is C24H21ClN4O2. The van der Waals surface area contributed by atoms with Crippen LogP contribution < -0.4 is 4.90 Å². The molecule has 0 saturated carbocycles. The molecule has 0 spiro atoms. The zero-order chi connectivity index (χ0) is 21.8. The second kappa shape index (κ2) is 9.07. The number of hydrogen-bond acceptors (Lipinski definition) is 5. The van der Waals surface area contributed by atoms with E-state index in [4.69, 9.17) is 16.0 Å². The van der Waals surface area contributed by atoms with Gasteiger partial charge in [0, 0.05) is 42.8 Å². The third-order valence-electron chi connectivity index (χ3n) is 5.15. The molecule has 1 aliphatic rings. The van der Waals surface area contributed by atoms with Crippen molar-refractivity contribution in [2.75, 3.05) is 31.1 Å². The first-order valence-corrected chi connectivity index (χ1v) is 10.4. The normalized spacial score (nSPS) is 14.1. The molecule has 2 heterocycles. The van der Waals surface area contributed by atoms with E-state index in [0.29, 0.717) is 48.5 Å². The number of rotatable bonds is 4.